The van der Waals surface area contributed by atoms with Crippen molar-refractivity contribution in [3.8, 4) is 0 Å². The van der Waals surface area contributed by atoms with E-state index in [-0.39, 0.29) is 0 Å². The van der Waals surface area contributed by atoms with E-state index < -0.39 is 0 Å². The predicted molar refractivity (Wildman–Crippen MR) is 81.1 cm³/mol. The van der Waals surface area contributed by atoms with Crippen molar-refractivity contribution in [2.45, 2.75) is 58.9 Å². The monoisotopic (exact) mass is 260 g/mol. The van der Waals surface area contributed by atoms with Crippen LogP contribution in [-0.2, 0) is 6.42 Å². The predicted octanol–water partition coefficient (Wildman–Crippen LogP) is 3.82. The molecule has 2 unspecified atom stereocenters. The molecular formula is C17H28N2. The molecule has 1 aliphatic rings. The van der Waals surface area contributed by atoms with Gasteiger partial charge in [0.2, 0.25) is 0 Å². The molecule has 1 fully saturated rings. The molecule has 0 bridgehead atoms. The number of pyridine rings is 1. The zero-order valence-corrected chi connectivity index (χ0v) is 12.7. The quantitative estimate of drug-likeness (QED) is 0.841. The highest BCUT2D eigenvalue weighted by atomic mass is 14.9. The van der Waals surface area contributed by atoms with Crippen LogP contribution in [-0.4, -0.2) is 17.6 Å². The van der Waals surface area contributed by atoms with Crippen LogP contribution in [0.15, 0.2) is 24.5 Å². The molecule has 1 saturated carbocycles. The van der Waals surface area contributed by atoms with Crippen molar-refractivity contribution < 1.29 is 0 Å². The molecule has 0 spiro atoms. The first kappa shape index (κ1) is 14.5. The Bertz CT molecular complexity index is 372. The molecule has 2 heteroatoms. The molecule has 1 aliphatic carbocycles. The summed E-state index contributed by atoms with van der Waals surface area (Å²) in [7, 11) is 0. The summed E-state index contributed by atoms with van der Waals surface area (Å²) in [5, 5.41) is 3.80. The van der Waals surface area contributed by atoms with Crippen molar-refractivity contribution in [3.05, 3.63) is 30.1 Å². The normalized spacial score (nSPS) is 23.4. The molecule has 0 radical (unpaired) electrons. The summed E-state index contributed by atoms with van der Waals surface area (Å²) in [4.78, 5) is 4.12. The third-order valence-electron chi connectivity index (χ3n) is 4.69. The van der Waals surface area contributed by atoms with Gasteiger partial charge in [0.05, 0.1) is 0 Å². The SMILES string of the molecule is CCCNC(Cc1ccncc1)C1CCCC1(C)C. The van der Waals surface area contributed by atoms with Gasteiger partial charge in [-0.2, -0.15) is 0 Å². The molecule has 0 saturated heterocycles. The zero-order valence-electron chi connectivity index (χ0n) is 12.7. The Morgan fingerprint density at radius 1 is 1.37 bits per heavy atom. The fourth-order valence-electron chi connectivity index (χ4n) is 3.56. The molecule has 1 N–H and O–H groups in total. The molecule has 1 heterocycles. The Kier molecular flexibility index (Phi) is 4.98. The van der Waals surface area contributed by atoms with Gasteiger partial charge in [0, 0.05) is 18.4 Å². The molecular weight excluding hydrogens is 232 g/mol. The third-order valence-corrected chi connectivity index (χ3v) is 4.69. The summed E-state index contributed by atoms with van der Waals surface area (Å²) < 4.78 is 0. The first-order valence-electron chi connectivity index (χ1n) is 7.76. The minimum atomic E-state index is 0.485. The van der Waals surface area contributed by atoms with Crippen LogP contribution < -0.4 is 5.32 Å². The maximum atomic E-state index is 4.12. The fraction of sp³-hybridized carbons (Fsp3) is 0.706. The van der Waals surface area contributed by atoms with Crippen molar-refractivity contribution in [3.63, 3.8) is 0 Å². The molecule has 0 aliphatic heterocycles. The van der Waals surface area contributed by atoms with Gasteiger partial charge in [-0.15, -0.1) is 0 Å². The van der Waals surface area contributed by atoms with Gasteiger partial charge >= 0.3 is 0 Å². The Balaban J connectivity index is 2.07. The van der Waals surface area contributed by atoms with Crippen LogP contribution in [0.4, 0.5) is 0 Å². The number of rotatable bonds is 6. The summed E-state index contributed by atoms with van der Waals surface area (Å²) in [5.41, 5.74) is 1.89. The van der Waals surface area contributed by atoms with Crippen LogP contribution in [0.3, 0.4) is 0 Å². The fourth-order valence-corrected chi connectivity index (χ4v) is 3.56. The summed E-state index contributed by atoms with van der Waals surface area (Å²) in [6.45, 7) is 8.26. The first-order valence-corrected chi connectivity index (χ1v) is 7.76. The van der Waals surface area contributed by atoms with Gasteiger partial charge in [0.1, 0.15) is 0 Å². The second-order valence-corrected chi connectivity index (χ2v) is 6.61. The molecule has 0 amide bonds. The summed E-state index contributed by atoms with van der Waals surface area (Å²) in [5.74, 6) is 0.798. The average Bonchev–Trinajstić information content (AvgIpc) is 2.75. The van der Waals surface area contributed by atoms with E-state index in [1.54, 1.807) is 0 Å². The summed E-state index contributed by atoms with van der Waals surface area (Å²) in [6.07, 6.45) is 10.3. The van der Waals surface area contributed by atoms with Crippen LogP contribution in [0.1, 0.15) is 52.0 Å². The number of nitrogens with zero attached hydrogens (tertiary/aromatic N) is 1. The lowest BCUT2D eigenvalue weighted by Crippen LogP contribution is -2.42. The second-order valence-electron chi connectivity index (χ2n) is 6.61. The lowest BCUT2D eigenvalue weighted by Gasteiger charge is -2.35. The van der Waals surface area contributed by atoms with Crippen molar-refractivity contribution >= 4 is 0 Å². The van der Waals surface area contributed by atoms with E-state index in [1.165, 1.54) is 31.2 Å². The Morgan fingerprint density at radius 3 is 2.68 bits per heavy atom. The number of hydrogen-bond acceptors (Lipinski definition) is 2. The van der Waals surface area contributed by atoms with Gasteiger partial charge in [0.25, 0.3) is 0 Å². The highest BCUT2D eigenvalue weighted by molar-refractivity contribution is 5.12. The van der Waals surface area contributed by atoms with Crippen LogP contribution in [0, 0.1) is 11.3 Å². The molecule has 1 aromatic heterocycles. The lowest BCUT2D eigenvalue weighted by molar-refractivity contribution is 0.195. The van der Waals surface area contributed by atoms with E-state index in [2.05, 4.69) is 43.2 Å². The minimum Gasteiger partial charge on any atom is -0.313 e. The number of hydrogen-bond donors (Lipinski definition) is 1. The Labute approximate surface area is 118 Å². The molecule has 0 aromatic carbocycles. The van der Waals surface area contributed by atoms with Crippen molar-refractivity contribution in [1.29, 1.82) is 0 Å². The highest BCUT2D eigenvalue weighted by Gasteiger charge is 2.39. The lowest BCUT2D eigenvalue weighted by atomic mass is 9.76. The van der Waals surface area contributed by atoms with E-state index in [0.717, 1.165) is 18.9 Å². The number of nitrogens with one attached hydrogen (secondary N) is 1. The van der Waals surface area contributed by atoms with Gasteiger partial charge in [-0.05, 0) is 61.3 Å². The van der Waals surface area contributed by atoms with Crippen LogP contribution >= 0.6 is 0 Å². The van der Waals surface area contributed by atoms with E-state index in [9.17, 15) is 0 Å². The van der Waals surface area contributed by atoms with Crippen LogP contribution in [0.5, 0.6) is 0 Å². The summed E-state index contributed by atoms with van der Waals surface area (Å²) >= 11 is 0. The average molecular weight is 260 g/mol. The molecule has 2 atom stereocenters. The number of aromatic nitrogens is 1. The van der Waals surface area contributed by atoms with E-state index >= 15 is 0 Å². The maximum absolute atomic E-state index is 4.12. The standard InChI is InChI=1S/C17H28N2/c1-4-10-19-16(13-14-7-11-18-12-8-14)15-6-5-9-17(15,2)3/h7-8,11-12,15-16,19H,4-6,9-10,13H2,1-3H3. The molecule has 106 valence electrons. The van der Waals surface area contributed by atoms with E-state index in [0.29, 0.717) is 11.5 Å². The summed E-state index contributed by atoms with van der Waals surface area (Å²) in [6, 6.07) is 4.92. The Morgan fingerprint density at radius 2 is 2.11 bits per heavy atom. The topological polar surface area (TPSA) is 24.9 Å². The van der Waals surface area contributed by atoms with Gasteiger partial charge < -0.3 is 5.32 Å². The van der Waals surface area contributed by atoms with E-state index in [4.69, 9.17) is 0 Å². The molecule has 19 heavy (non-hydrogen) atoms. The van der Waals surface area contributed by atoms with Gasteiger partial charge in [-0.25, -0.2) is 0 Å². The first-order chi connectivity index (χ1) is 9.13. The van der Waals surface area contributed by atoms with Gasteiger partial charge in [-0.3, -0.25) is 4.98 Å². The Hall–Kier alpha value is -0.890. The largest absolute Gasteiger partial charge is 0.313 e. The smallest absolute Gasteiger partial charge is 0.0270 e. The van der Waals surface area contributed by atoms with Crippen molar-refractivity contribution in [2.24, 2.45) is 11.3 Å². The maximum Gasteiger partial charge on any atom is 0.0270 e. The highest BCUT2D eigenvalue weighted by Crippen LogP contribution is 2.44. The molecule has 2 rings (SSSR count). The van der Waals surface area contributed by atoms with Crippen molar-refractivity contribution in [1.82, 2.24) is 10.3 Å². The van der Waals surface area contributed by atoms with Crippen LogP contribution in [0.25, 0.3) is 0 Å². The molecule has 2 nitrogen and oxygen atoms in total. The van der Waals surface area contributed by atoms with Gasteiger partial charge in [-0.1, -0.05) is 27.2 Å². The van der Waals surface area contributed by atoms with Crippen molar-refractivity contribution in [2.75, 3.05) is 6.54 Å². The third kappa shape index (κ3) is 3.79. The van der Waals surface area contributed by atoms with Crippen LogP contribution in [0.2, 0.25) is 0 Å². The second kappa shape index (κ2) is 6.51. The van der Waals surface area contributed by atoms with Gasteiger partial charge in [0.15, 0.2) is 0 Å². The minimum absolute atomic E-state index is 0.485. The zero-order chi connectivity index (χ0) is 13.7. The van der Waals surface area contributed by atoms with E-state index in [1.807, 2.05) is 12.4 Å². The molecule has 1 aromatic rings.